The lowest BCUT2D eigenvalue weighted by molar-refractivity contribution is -0.125. The third-order valence-electron chi connectivity index (χ3n) is 5.96. The Morgan fingerprint density at radius 1 is 1.08 bits per heavy atom. The molecule has 24 heavy (non-hydrogen) atoms. The highest BCUT2D eigenvalue weighted by Crippen LogP contribution is 2.50. The predicted octanol–water partition coefficient (Wildman–Crippen LogP) is 6.30. The van der Waals surface area contributed by atoms with Gasteiger partial charge in [-0.25, -0.2) is 0 Å². The molecule has 0 bridgehead atoms. The van der Waals surface area contributed by atoms with Crippen LogP contribution in [0.1, 0.15) is 64.4 Å². The number of piperidine rings is 1. The van der Waals surface area contributed by atoms with E-state index in [1.54, 1.807) is 6.07 Å². The minimum atomic E-state index is -0.317. The largest absolute Gasteiger partial charge is 0.466 e. The van der Waals surface area contributed by atoms with Crippen LogP contribution in [0.15, 0.2) is 17.7 Å². The van der Waals surface area contributed by atoms with E-state index < -0.39 is 0 Å². The average molecular weight is 366 g/mol. The number of hydrogen-bond donors (Lipinski definition) is 0. The highest BCUT2D eigenvalue weighted by atomic mass is 35.5. The maximum Gasteiger partial charge on any atom is 0.186 e. The molecular formula is C20H25Cl2NO. The van der Waals surface area contributed by atoms with Crippen LogP contribution >= 0.6 is 23.2 Å². The molecule has 4 rings (SSSR count). The zero-order valence-corrected chi connectivity index (χ0v) is 16.0. The van der Waals surface area contributed by atoms with Crippen molar-refractivity contribution in [3.05, 3.63) is 33.3 Å². The molecule has 2 heterocycles. The zero-order chi connectivity index (χ0) is 16.9. The molecular weight excluding hydrogens is 341 g/mol. The molecule has 2 fully saturated rings. The van der Waals surface area contributed by atoms with E-state index in [0.717, 1.165) is 24.2 Å². The Labute approximate surface area is 154 Å². The van der Waals surface area contributed by atoms with Crippen molar-refractivity contribution >= 4 is 29.3 Å². The van der Waals surface area contributed by atoms with Gasteiger partial charge in [0.1, 0.15) is 5.75 Å². The van der Waals surface area contributed by atoms with Crippen molar-refractivity contribution in [2.45, 2.75) is 76.6 Å². The molecule has 0 amide bonds. The van der Waals surface area contributed by atoms with Crippen LogP contribution in [0.3, 0.4) is 0 Å². The van der Waals surface area contributed by atoms with Gasteiger partial charge in [-0.1, -0.05) is 29.6 Å². The summed E-state index contributed by atoms with van der Waals surface area (Å²) in [5.41, 5.74) is 2.11. The summed E-state index contributed by atoms with van der Waals surface area (Å²) in [6.07, 6.45) is 10.7. The fourth-order valence-corrected chi connectivity index (χ4v) is 5.52. The van der Waals surface area contributed by atoms with Gasteiger partial charge in [0.05, 0.1) is 5.02 Å². The van der Waals surface area contributed by atoms with Gasteiger partial charge in [-0.05, 0) is 69.7 Å². The molecule has 0 radical (unpaired) electrons. The monoisotopic (exact) mass is 365 g/mol. The molecule has 2 nitrogen and oxygen atoms in total. The number of ether oxygens (including phenoxy) is 1. The van der Waals surface area contributed by atoms with E-state index >= 15 is 0 Å². The quantitative estimate of drug-likeness (QED) is 0.578. The van der Waals surface area contributed by atoms with E-state index in [2.05, 4.69) is 24.8 Å². The van der Waals surface area contributed by atoms with Crippen molar-refractivity contribution in [3.8, 4) is 5.75 Å². The van der Waals surface area contributed by atoms with Crippen LogP contribution in [0, 0.1) is 0 Å². The fraction of sp³-hybridized carbons (Fsp3) is 0.600. The summed E-state index contributed by atoms with van der Waals surface area (Å²) in [7, 11) is 0. The number of halogens is 2. The van der Waals surface area contributed by atoms with Crippen LogP contribution < -0.4 is 4.74 Å². The van der Waals surface area contributed by atoms with Gasteiger partial charge in [0.25, 0.3) is 0 Å². The van der Waals surface area contributed by atoms with Gasteiger partial charge in [-0.3, -0.25) is 4.90 Å². The first kappa shape index (κ1) is 16.8. The van der Waals surface area contributed by atoms with E-state index in [1.165, 1.54) is 37.7 Å². The Balaban J connectivity index is 1.84. The molecule has 1 aliphatic carbocycles. The van der Waals surface area contributed by atoms with E-state index in [0.29, 0.717) is 22.1 Å². The average Bonchev–Trinajstić information content (AvgIpc) is 2.53. The molecule has 3 unspecified atom stereocenters. The second-order valence-electron chi connectivity index (χ2n) is 7.61. The zero-order valence-electron chi connectivity index (χ0n) is 14.4. The van der Waals surface area contributed by atoms with Crippen molar-refractivity contribution in [1.29, 1.82) is 0 Å². The molecule has 130 valence electrons. The molecule has 0 aromatic heterocycles. The van der Waals surface area contributed by atoms with E-state index in [-0.39, 0.29) is 5.72 Å². The van der Waals surface area contributed by atoms with Crippen LogP contribution in [0.5, 0.6) is 5.75 Å². The minimum absolute atomic E-state index is 0.317. The molecule has 2 aliphatic heterocycles. The number of benzene rings is 1. The maximum absolute atomic E-state index is 6.76. The van der Waals surface area contributed by atoms with Gasteiger partial charge >= 0.3 is 0 Å². The Morgan fingerprint density at radius 2 is 1.83 bits per heavy atom. The van der Waals surface area contributed by atoms with Crippen LogP contribution in [0.4, 0.5) is 0 Å². The summed E-state index contributed by atoms with van der Waals surface area (Å²) in [4.78, 5) is 2.63. The number of nitrogens with zero attached hydrogens (tertiary/aromatic N) is 1. The predicted molar refractivity (Wildman–Crippen MR) is 101 cm³/mol. The van der Waals surface area contributed by atoms with Crippen LogP contribution in [0.25, 0.3) is 6.08 Å². The van der Waals surface area contributed by atoms with E-state index in [4.69, 9.17) is 27.9 Å². The van der Waals surface area contributed by atoms with Gasteiger partial charge in [-0.2, -0.15) is 0 Å². The Morgan fingerprint density at radius 3 is 2.58 bits per heavy atom. The van der Waals surface area contributed by atoms with Crippen molar-refractivity contribution in [2.75, 3.05) is 0 Å². The topological polar surface area (TPSA) is 12.5 Å². The summed E-state index contributed by atoms with van der Waals surface area (Å²) in [5, 5.41) is 1.29. The van der Waals surface area contributed by atoms with Crippen molar-refractivity contribution in [3.63, 3.8) is 0 Å². The number of fused-ring (bicyclic) bond motifs is 2. The Kier molecular flexibility index (Phi) is 4.35. The Hall–Kier alpha value is -0.700. The van der Waals surface area contributed by atoms with E-state index in [9.17, 15) is 0 Å². The molecule has 1 aromatic carbocycles. The lowest BCUT2D eigenvalue weighted by atomic mass is 9.79. The fourth-order valence-electron chi connectivity index (χ4n) is 4.97. The highest BCUT2D eigenvalue weighted by Gasteiger charge is 2.50. The van der Waals surface area contributed by atoms with Crippen molar-refractivity contribution in [2.24, 2.45) is 0 Å². The lowest BCUT2D eigenvalue weighted by Gasteiger charge is -2.55. The first-order valence-corrected chi connectivity index (χ1v) is 9.94. The normalized spacial score (nSPS) is 33.2. The second kappa shape index (κ2) is 6.23. The standard InChI is InChI=1S/C20H25Cl2NO/c1-13-6-5-7-14(2)23(13)20-9-4-3-8-16(20)10-15-11-17(21)12-18(22)19(15)24-20/h10-14H,3-9H2,1-2H3. The third-order valence-corrected chi connectivity index (χ3v) is 6.46. The molecule has 1 saturated carbocycles. The summed E-state index contributed by atoms with van der Waals surface area (Å²) in [6, 6.07) is 4.82. The second-order valence-corrected chi connectivity index (χ2v) is 8.45. The molecule has 1 saturated heterocycles. The minimum Gasteiger partial charge on any atom is -0.466 e. The molecule has 3 aliphatic rings. The van der Waals surface area contributed by atoms with Crippen LogP contribution in [-0.4, -0.2) is 22.7 Å². The van der Waals surface area contributed by atoms with Crippen molar-refractivity contribution < 1.29 is 4.74 Å². The van der Waals surface area contributed by atoms with Gasteiger partial charge in [0.15, 0.2) is 5.72 Å². The molecule has 4 heteroatoms. The molecule has 3 atom stereocenters. The molecule has 0 spiro atoms. The first-order valence-electron chi connectivity index (χ1n) is 9.19. The van der Waals surface area contributed by atoms with Gasteiger partial charge in [0.2, 0.25) is 0 Å². The number of likely N-dealkylation sites (tertiary alicyclic amines) is 1. The van der Waals surface area contributed by atoms with E-state index in [1.807, 2.05) is 6.07 Å². The van der Waals surface area contributed by atoms with Crippen LogP contribution in [0.2, 0.25) is 10.0 Å². The van der Waals surface area contributed by atoms with Gasteiger partial charge in [-0.15, -0.1) is 0 Å². The molecule has 1 aromatic rings. The smallest absolute Gasteiger partial charge is 0.186 e. The SMILES string of the molecule is CC1CCCC(C)N1C12CCCCC1=Cc1cc(Cl)cc(Cl)c1O2. The summed E-state index contributed by atoms with van der Waals surface area (Å²) >= 11 is 12.7. The van der Waals surface area contributed by atoms with Gasteiger partial charge in [0, 0.05) is 29.1 Å². The maximum atomic E-state index is 6.76. The van der Waals surface area contributed by atoms with Crippen LogP contribution in [-0.2, 0) is 0 Å². The lowest BCUT2D eigenvalue weighted by Crippen LogP contribution is -2.63. The number of hydrogen-bond acceptors (Lipinski definition) is 2. The summed E-state index contributed by atoms with van der Waals surface area (Å²) < 4.78 is 6.76. The summed E-state index contributed by atoms with van der Waals surface area (Å²) in [6.45, 7) is 4.69. The van der Waals surface area contributed by atoms with Gasteiger partial charge < -0.3 is 4.74 Å². The highest BCUT2D eigenvalue weighted by molar-refractivity contribution is 6.36. The number of rotatable bonds is 1. The molecule has 0 N–H and O–H groups in total. The Bertz CT molecular complexity index is 676. The van der Waals surface area contributed by atoms with Crippen molar-refractivity contribution in [1.82, 2.24) is 4.90 Å². The summed E-state index contributed by atoms with van der Waals surface area (Å²) in [5.74, 6) is 0.802. The first-order chi connectivity index (χ1) is 11.5. The third kappa shape index (κ3) is 2.58.